The van der Waals surface area contributed by atoms with Crippen molar-refractivity contribution in [3.63, 3.8) is 0 Å². The molecule has 0 heterocycles. The molecule has 0 fully saturated rings. The summed E-state index contributed by atoms with van der Waals surface area (Å²) in [4.78, 5) is 11.8. The third-order valence-electron chi connectivity index (χ3n) is 4.28. The Morgan fingerprint density at radius 1 is 1.00 bits per heavy atom. The number of hydrogen-bond donors (Lipinski definition) is 1. The molecule has 0 aliphatic rings. The van der Waals surface area contributed by atoms with Crippen molar-refractivity contribution in [3.8, 4) is 5.75 Å². The van der Waals surface area contributed by atoms with Gasteiger partial charge in [-0.3, -0.25) is 4.31 Å². The Hall–Kier alpha value is -3.03. The monoisotopic (exact) mass is 431 g/mol. The molecule has 8 heteroatoms. The lowest BCUT2D eigenvalue weighted by Gasteiger charge is -2.27. The summed E-state index contributed by atoms with van der Waals surface area (Å²) < 4.78 is 33.1. The van der Waals surface area contributed by atoms with Crippen LogP contribution >= 0.6 is 11.6 Å². The zero-order valence-corrected chi connectivity index (χ0v) is 17.0. The van der Waals surface area contributed by atoms with E-state index in [4.69, 9.17) is 16.3 Å². The number of ether oxygens (including phenoxy) is 1. The molecular formula is C21H18ClNO5S. The van der Waals surface area contributed by atoms with E-state index < -0.39 is 16.0 Å². The first kappa shape index (κ1) is 20.7. The molecule has 6 nitrogen and oxygen atoms in total. The van der Waals surface area contributed by atoms with Crippen molar-refractivity contribution in [2.75, 3.05) is 11.4 Å². The molecule has 29 heavy (non-hydrogen) atoms. The van der Waals surface area contributed by atoms with Gasteiger partial charge in [0.25, 0.3) is 10.0 Å². The van der Waals surface area contributed by atoms with Crippen molar-refractivity contribution in [1.82, 2.24) is 0 Å². The second-order valence-corrected chi connectivity index (χ2v) is 8.38. The Bertz CT molecular complexity index is 1120. The minimum absolute atomic E-state index is 0.00881. The number of nitrogens with zero attached hydrogens (tertiary/aromatic N) is 1. The number of carboxylic acids is 1. The number of anilines is 1. The van der Waals surface area contributed by atoms with Crippen LogP contribution in [0.4, 0.5) is 5.69 Å². The van der Waals surface area contributed by atoms with E-state index in [1.165, 1.54) is 49.6 Å². The maximum absolute atomic E-state index is 13.5. The van der Waals surface area contributed by atoms with Crippen molar-refractivity contribution < 1.29 is 23.1 Å². The molecule has 0 aliphatic carbocycles. The van der Waals surface area contributed by atoms with Crippen molar-refractivity contribution in [1.29, 1.82) is 0 Å². The van der Waals surface area contributed by atoms with Crippen LogP contribution in [-0.4, -0.2) is 26.6 Å². The van der Waals surface area contributed by atoms with Gasteiger partial charge in [0.15, 0.2) is 0 Å². The van der Waals surface area contributed by atoms with Gasteiger partial charge in [-0.2, -0.15) is 0 Å². The molecule has 0 aromatic heterocycles. The fourth-order valence-electron chi connectivity index (χ4n) is 2.85. The average Bonchev–Trinajstić information content (AvgIpc) is 2.73. The summed E-state index contributed by atoms with van der Waals surface area (Å²) >= 11 is 6.29. The Morgan fingerprint density at radius 2 is 1.66 bits per heavy atom. The quantitative estimate of drug-likeness (QED) is 0.597. The first-order chi connectivity index (χ1) is 13.8. The highest BCUT2D eigenvalue weighted by molar-refractivity contribution is 7.92. The number of aromatic carboxylic acids is 1. The van der Waals surface area contributed by atoms with Crippen LogP contribution in [0.2, 0.25) is 5.02 Å². The lowest BCUT2D eigenvalue weighted by Crippen LogP contribution is -2.32. The van der Waals surface area contributed by atoms with Gasteiger partial charge < -0.3 is 9.84 Å². The number of hydrogen-bond acceptors (Lipinski definition) is 4. The second kappa shape index (κ2) is 8.55. The van der Waals surface area contributed by atoms with Crippen LogP contribution in [0.15, 0.2) is 77.7 Å². The standard InChI is InChI=1S/C21H18ClNO5S/c1-28-16-10-12-17(13-11-16)29(26,27)23(14-15-6-3-2-4-7-15)20-18(21(24)25)8-5-9-19(20)22/h2-13H,14H2,1H3,(H,24,25). The molecule has 150 valence electrons. The van der Waals surface area contributed by atoms with Gasteiger partial charge in [-0.05, 0) is 42.0 Å². The highest BCUT2D eigenvalue weighted by atomic mass is 35.5. The van der Waals surface area contributed by atoms with Gasteiger partial charge in [0, 0.05) is 0 Å². The van der Waals surface area contributed by atoms with E-state index in [0.717, 1.165) is 4.31 Å². The Morgan fingerprint density at radius 3 is 2.24 bits per heavy atom. The van der Waals surface area contributed by atoms with Crippen LogP contribution < -0.4 is 9.04 Å². The predicted molar refractivity (Wildman–Crippen MR) is 111 cm³/mol. The Kier molecular flexibility index (Phi) is 6.10. The molecule has 3 aromatic rings. The molecule has 3 aromatic carbocycles. The molecule has 0 unspecified atom stereocenters. The molecule has 0 radical (unpaired) electrons. The third-order valence-corrected chi connectivity index (χ3v) is 6.35. The molecule has 3 rings (SSSR count). The third kappa shape index (κ3) is 4.36. The van der Waals surface area contributed by atoms with Crippen LogP contribution in [0, 0.1) is 0 Å². The minimum atomic E-state index is -4.13. The van der Waals surface area contributed by atoms with Gasteiger partial charge in [0.05, 0.1) is 34.8 Å². The molecule has 0 spiro atoms. The van der Waals surface area contributed by atoms with Crippen molar-refractivity contribution in [2.45, 2.75) is 11.4 Å². The van der Waals surface area contributed by atoms with Crippen LogP contribution in [0.5, 0.6) is 5.75 Å². The largest absolute Gasteiger partial charge is 0.497 e. The lowest BCUT2D eigenvalue weighted by molar-refractivity contribution is 0.0697. The molecular weight excluding hydrogens is 414 g/mol. The number of sulfonamides is 1. The lowest BCUT2D eigenvalue weighted by atomic mass is 10.1. The van der Waals surface area contributed by atoms with E-state index in [-0.39, 0.29) is 27.7 Å². The summed E-state index contributed by atoms with van der Waals surface area (Å²) in [7, 11) is -2.65. The first-order valence-electron chi connectivity index (χ1n) is 8.57. The number of benzene rings is 3. The highest BCUT2D eigenvalue weighted by Gasteiger charge is 2.30. The Balaban J connectivity index is 2.20. The SMILES string of the molecule is COc1ccc(S(=O)(=O)N(Cc2ccccc2)c2c(Cl)cccc2C(=O)O)cc1. The summed E-state index contributed by atoms with van der Waals surface area (Å²) in [6.07, 6.45) is 0. The number of carboxylic acid groups (broad SMARTS) is 1. The van der Waals surface area contributed by atoms with Gasteiger partial charge in [0.1, 0.15) is 5.75 Å². The van der Waals surface area contributed by atoms with E-state index in [1.807, 2.05) is 6.07 Å². The van der Waals surface area contributed by atoms with E-state index in [9.17, 15) is 18.3 Å². The van der Waals surface area contributed by atoms with Crippen molar-refractivity contribution in [2.24, 2.45) is 0 Å². The molecule has 0 atom stereocenters. The van der Waals surface area contributed by atoms with Gasteiger partial charge in [-0.1, -0.05) is 48.0 Å². The molecule has 0 saturated carbocycles. The van der Waals surface area contributed by atoms with Gasteiger partial charge >= 0.3 is 5.97 Å². The fourth-order valence-corrected chi connectivity index (χ4v) is 4.67. The van der Waals surface area contributed by atoms with Crippen LogP contribution in [-0.2, 0) is 16.6 Å². The summed E-state index contributed by atoms with van der Waals surface area (Å²) in [6.45, 7) is -0.0841. The normalized spacial score (nSPS) is 11.1. The van der Waals surface area contributed by atoms with E-state index >= 15 is 0 Å². The second-order valence-electron chi connectivity index (χ2n) is 6.11. The summed E-state index contributed by atoms with van der Waals surface area (Å²) in [5, 5.41) is 9.64. The maximum atomic E-state index is 13.5. The molecule has 0 aliphatic heterocycles. The zero-order valence-electron chi connectivity index (χ0n) is 15.4. The average molecular weight is 432 g/mol. The van der Waals surface area contributed by atoms with Gasteiger partial charge in [0.2, 0.25) is 0 Å². The van der Waals surface area contributed by atoms with Gasteiger partial charge in [-0.25, -0.2) is 13.2 Å². The van der Waals surface area contributed by atoms with Crippen molar-refractivity contribution in [3.05, 3.63) is 88.9 Å². The van der Waals surface area contributed by atoms with Crippen LogP contribution in [0.25, 0.3) is 0 Å². The molecule has 1 N–H and O–H groups in total. The smallest absolute Gasteiger partial charge is 0.337 e. The number of halogens is 1. The number of methoxy groups -OCH3 is 1. The number of para-hydroxylation sites is 1. The van der Waals surface area contributed by atoms with E-state index in [0.29, 0.717) is 11.3 Å². The summed E-state index contributed by atoms with van der Waals surface area (Å²) in [6, 6.07) is 19.0. The van der Waals surface area contributed by atoms with Crippen LogP contribution in [0.1, 0.15) is 15.9 Å². The predicted octanol–water partition coefficient (Wildman–Crippen LogP) is 4.44. The van der Waals surface area contributed by atoms with Crippen molar-refractivity contribution >= 4 is 33.3 Å². The van der Waals surface area contributed by atoms with E-state index in [1.54, 1.807) is 24.3 Å². The summed E-state index contributed by atoms with van der Waals surface area (Å²) in [5.41, 5.74) is 0.396. The zero-order chi connectivity index (χ0) is 21.0. The highest BCUT2D eigenvalue weighted by Crippen LogP contribution is 2.35. The molecule has 0 bridgehead atoms. The summed E-state index contributed by atoms with van der Waals surface area (Å²) in [5.74, 6) is -0.770. The molecule has 0 amide bonds. The van der Waals surface area contributed by atoms with Crippen LogP contribution in [0.3, 0.4) is 0 Å². The number of carbonyl (C=O) groups is 1. The Labute approximate surface area is 174 Å². The number of rotatable bonds is 7. The minimum Gasteiger partial charge on any atom is -0.497 e. The first-order valence-corrected chi connectivity index (χ1v) is 10.4. The molecule has 0 saturated heterocycles. The topological polar surface area (TPSA) is 83.9 Å². The maximum Gasteiger partial charge on any atom is 0.337 e. The van der Waals surface area contributed by atoms with E-state index in [2.05, 4.69) is 0 Å². The van der Waals surface area contributed by atoms with Gasteiger partial charge in [-0.15, -0.1) is 0 Å². The fraction of sp³-hybridized carbons (Fsp3) is 0.0952.